The first-order valence-corrected chi connectivity index (χ1v) is 3.68. The molecule has 0 aliphatic heterocycles. The Morgan fingerprint density at radius 1 is 1.69 bits per heavy atom. The summed E-state index contributed by atoms with van der Waals surface area (Å²) in [5.41, 5.74) is 5.72. The van der Waals surface area contributed by atoms with Gasteiger partial charge in [-0.15, -0.1) is 0 Å². The van der Waals surface area contributed by atoms with Crippen LogP contribution in [0.4, 0.5) is 4.39 Å². The highest BCUT2D eigenvalue weighted by Gasteiger charge is 2.12. The third kappa shape index (κ3) is 2.79. The van der Waals surface area contributed by atoms with Crippen molar-refractivity contribution in [3.8, 4) is 0 Å². The lowest BCUT2D eigenvalue weighted by molar-refractivity contribution is -0.138. The van der Waals surface area contributed by atoms with Gasteiger partial charge in [-0.25, -0.2) is 4.39 Å². The molecular formula is C8H9FN2O2. The summed E-state index contributed by atoms with van der Waals surface area (Å²) in [6, 6.07) is 1.65. The topological polar surface area (TPSA) is 76.2 Å². The molecule has 0 spiro atoms. The lowest BCUT2D eigenvalue weighted by Crippen LogP contribution is -2.32. The third-order valence-electron chi connectivity index (χ3n) is 1.53. The van der Waals surface area contributed by atoms with Crippen molar-refractivity contribution in [2.75, 3.05) is 0 Å². The number of halogens is 1. The van der Waals surface area contributed by atoms with Crippen LogP contribution in [0.1, 0.15) is 5.69 Å². The number of rotatable bonds is 3. The highest BCUT2D eigenvalue weighted by molar-refractivity contribution is 5.73. The number of hydrogen-bond donors (Lipinski definition) is 2. The molecule has 1 atom stereocenters. The second kappa shape index (κ2) is 3.95. The molecule has 13 heavy (non-hydrogen) atoms. The zero-order chi connectivity index (χ0) is 9.84. The van der Waals surface area contributed by atoms with Crippen molar-refractivity contribution in [2.45, 2.75) is 12.5 Å². The van der Waals surface area contributed by atoms with Gasteiger partial charge in [-0.2, -0.15) is 0 Å². The second-order valence-electron chi connectivity index (χ2n) is 2.62. The number of aliphatic carboxylic acids is 1. The van der Waals surface area contributed by atoms with Crippen molar-refractivity contribution in [2.24, 2.45) is 5.73 Å². The first-order valence-electron chi connectivity index (χ1n) is 3.68. The quantitative estimate of drug-likeness (QED) is 0.702. The molecule has 0 amide bonds. The van der Waals surface area contributed by atoms with E-state index in [-0.39, 0.29) is 6.42 Å². The van der Waals surface area contributed by atoms with E-state index < -0.39 is 17.8 Å². The first-order chi connectivity index (χ1) is 6.09. The SMILES string of the molecule is NC(Cc1ccc(F)cn1)C(=O)O. The van der Waals surface area contributed by atoms with E-state index in [0.29, 0.717) is 5.69 Å². The van der Waals surface area contributed by atoms with Gasteiger partial charge in [0.25, 0.3) is 0 Å². The predicted octanol–water partition coefficient (Wildman–Crippen LogP) is 0.175. The molecule has 0 aromatic carbocycles. The summed E-state index contributed by atoms with van der Waals surface area (Å²) in [5.74, 6) is -1.54. The Bertz CT molecular complexity index is 300. The fourth-order valence-corrected chi connectivity index (χ4v) is 0.840. The molecule has 0 bridgehead atoms. The molecule has 1 heterocycles. The second-order valence-corrected chi connectivity index (χ2v) is 2.62. The van der Waals surface area contributed by atoms with Crippen LogP contribution in [-0.4, -0.2) is 22.1 Å². The molecule has 1 rings (SSSR count). The van der Waals surface area contributed by atoms with E-state index in [0.717, 1.165) is 6.20 Å². The Kier molecular flexibility index (Phi) is 2.92. The van der Waals surface area contributed by atoms with Gasteiger partial charge < -0.3 is 10.8 Å². The maximum atomic E-state index is 12.4. The molecular weight excluding hydrogens is 175 g/mol. The van der Waals surface area contributed by atoms with Crippen LogP contribution in [0.25, 0.3) is 0 Å². The first kappa shape index (κ1) is 9.60. The molecule has 0 aliphatic rings. The van der Waals surface area contributed by atoms with E-state index in [1.807, 2.05) is 0 Å². The standard InChI is InChI=1S/C8H9FN2O2/c9-5-1-2-6(11-4-5)3-7(10)8(12)13/h1-2,4,7H,3,10H2,(H,12,13). The van der Waals surface area contributed by atoms with Gasteiger partial charge in [-0.3, -0.25) is 9.78 Å². The zero-order valence-corrected chi connectivity index (χ0v) is 6.77. The molecule has 4 nitrogen and oxygen atoms in total. The van der Waals surface area contributed by atoms with Gasteiger partial charge in [-0.05, 0) is 12.1 Å². The monoisotopic (exact) mass is 184 g/mol. The average molecular weight is 184 g/mol. The number of carbonyl (C=O) groups is 1. The molecule has 0 saturated carbocycles. The van der Waals surface area contributed by atoms with Crippen LogP contribution in [0.2, 0.25) is 0 Å². The van der Waals surface area contributed by atoms with Gasteiger partial charge in [0.2, 0.25) is 0 Å². The predicted molar refractivity (Wildman–Crippen MR) is 43.5 cm³/mol. The molecule has 0 aliphatic carbocycles. The summed E-state index contributed by atoms with van der Waals surface area (Å²) in [5, 5.41) is 8.47. The zero-order valence-electron chi connectivity index (χ0n) is 6.77. The molecule has 1 unspecified atom stereocenters. The Balaban J connectivity index is 2.64. The fourth-order valence-electron chi connectivity index (χ4n) is 0.840. The van der Waals surface area contributed by atoms with Crippen molar-refractivity contribution in [1.82, 2.24) is 4.98 Å². The van der Waals surface area contributed by atoms with Crippen LogP contribution in [0.3, 0.4) is 0 Å². The van der Waals surface area contributed by atoms with Crippen LogP contribution >= 0.6 is 0 Å². The summed E-state index contributed by atoms with van der Waals surface area (Å²) in [7, 11) is 0. The summed E-state index contributed by atoms with van der Waals surface area (Å²) >= 11 is 0. The molecule has 5 heteroatoms. The number of carboxylic acid groups (broad SMARTS) is 1. The lowest BCUT2D eigenvalue weighted by atomic mass is 10.1. The highest BCUT2D eigenvalue weighted by atomic mass is 19.1. The molecule has 0 radical (unpaired) electrons. The van der Waals surface area contributed by atoms with Gasteiger partial charge in [0.15, 0.2) is 0 Å². The van der Waals surface area contributed by atoms with Crippen LogP contribution in [0.5, 0.6) is 0 Å². The van der Waals surface area contributed by atoms with E-state index in [2.05, 4.69) is 4.98 Å². The van der Waals surface area contributed by atoms with E-state index >= 15 is 0 Å². The maximum Gasteiger partial charge on any atom is 0.320 e. The van der Waals surface area contributed by atoms with Crippen LogP contribution < -0.4 is 5.73 Å². The Labute approximate surface area is 74.2 Å². The fraction of sp³-hybridized carbons (Fsp3) is 0.250. The number of nitrogens with zero attached hydrogens (tertiary/aromatic N) is 1. The summed E-state index contributed by atoms with van der Waals surface area (Å²) in [6.07, 6.45) is 1.14. The van der Waals surface area contributed by atoms with E-state index in [1.165, 1.54) is 12.1 Å². The molecule has 70 valence electrons. The van der Waals surface area contributed by atoms with Gasteiger partial charge in [0, 0.05) is 12.1 Å². The highest BCUT2D eigenvalue weighted by Crippen LogP contribution is 2.00. The molecule has 1 aromatic heterocycles. The van der Waals surface area contributed by atoms with Crippen molar-refractivity contribution in [3.05, 3.63) is 29.8 Å². The van der Waals surface area contributed by atoms with Crippen molar-refractivity contribution < 1.29 is 14.3 Å². The minimum Gasteiger partial charge on any atom is -0.480 e. The van der Waals surface area contributed by atoms with Gasteiger partial charge in [-0.1, -0.05) is 0 Å². The van der Waals surface area contributed by atoms with Gasteiger partial charge >= 0.3 is 5.97 Å². The van der Waals surface area contributed by atoms with Crippen LogP contribution in [-0.2, 0) is 11.2 Å². The number of aromatic nitrogens is 1. The molecule has 3 N–H and O–H groups in total. The summed E-state index contributed by atoms with van der Waals surface area (Å²) in [6.45, 7) is 0. The molecule has 0 saturated heterocycles. The van der Waals surface area contributed by atoms with Gasteiger partial charge in [0.1, 0.15) is 11.9 Å². The van der Waals surface area contributed by atoms with E-state index in [1.54, 1.807) is 0 Å². The van der Waals surface area contributed by atoms with E-state index in [4.69, 9.17) is 10.8 Å². The third-order valence-corrected chi connectivity index (χ3v) is 1.53. The Morgan fingerprint density at radius 3 is 2.85 bits per heavy atom. The largest absolute Gasteiger partial charge is 0.480 e. The average Bonchev–Trinajstić information content (AvgIpc) is 2.08. The lowest BCUT2D eigenvalue weighted by Gasteiger charge is -2.04. The number of pyridine rings is 1. The maximum absolute atomic E-state index is 12.4. The summed E-state index contributed by atoms with van der Waals surface area (Å²) in [4.78, 5) is 14.0. The smallest absolute Gasteiger partial charge is 0.320 e. The minimum absolute atomic E-state index is 0.107. The Morgan fingerprint density at radius 2 is 2.38 bits per heavy atom. The van der Waals surface area contributed by atoms with Crippen molar-refractivity contribution in [3.63, 3.8) is 0 Å². The van der Waals surface area contributed by atoms with Crippen LogP contribution in [0, 0.1) is 5.82 Å². The summed E-state index contributed by atoms with van der Waals surface area (Å²) < 4.78 is 12.4. The minimum atomic E-state index is -1.09. The van der Waals surface area contributed by atoms with E-state index in [9.17, 15) is 9.18 Å². The van der Waals surface area contributed by atoms with Gasteiger partial charge in [0.05, 0.1) is 6.20 Å². The Hall–Kier alpha value is -1.49. The van der Waals surface area contributed by atoms with Crippen molar-refractivity contribution in [1.29, 1.82) is 0 Å². The molecule has 0 fully saturated rings. The normalized spacial score (nSPS) is 12.5. The van der Waals surface area contributed by atoms with Crippen molar-refractivity contribution >= 4 is 5.97 Å². The number of hydrogen-bond acceptors (Lipinski definition) is 3. The number of nitrogens with two attached hydrogens (primary N) is 1. The van der Waals surface area contributed by atoms with Crippen LogP contribution in [0.15, 0.2) is 18.3 Å². The molecule has 1 aromatic rings. The number of carboxylic acids is 1.